The summed E-state index contributed by atoms with van der Waals surface area (Å²) in [6.07, 6.45) is 6.97. The van der Waals surface area contributed by atoms with Gasteiger partial charge in [-0.05, 0) is 69.3 Å². The SMILES string of the molecule is CCCn1ncc(CN(CC)C[C@@H]2CCCN(CCc3cccc(OC)c3)C2)c1C. The second kappa shape index (κ2) is 11.5. The van der Waals surface area contributed by atoms with Gasteiger partial charge >= 0.3 is 0 Å². The summed E-state index contributed by atoms with van der Waals surface area (Å²) in [5.74, 6) is 1.72. The van der Waals surface area contributed by atoms with Crippen molar-refractivity contribution in [2.45, 2.75) is 59.5 Å². The fraction of sp³-hybridized carbons (Fsp3) is 0.640. The van der Waals surface area contributed by atoms with Gasteiger partial charge in [-0.15, -0.1) is 0 Å². The molecule has 0 N–H and O–H groups in total. The quantitative estimate of drug-likeness (QED) is 0.548. The fourth-order valence-electron chi connectivity index (χ4n) is 4.61. The minimum absolute atomic E-state index is 0.759. The monoisotopic (exact) mass is 412 g/mol. The zero-order chi connectivity index (χ0) is 21.3. The summed E-state index contributed by atoms with van der Waals surface area (Å²) in [4.78, 5) is 5.27. The Morgan fingerprint density at radius 1 is 1.23 bits per heavy atom. The van der Waals surface area contributed by atoms with Crippen molar-refractivity contribution < 1.29 is 4.74 Å². The first-order valence-corrected chi connectivity index (χ1v) is 11.7. The molecule has 1 atom stereocenters. The summed E-state index contributed by atoms with van der Waals surface area (Å²) in [6.45, 7) is 14.6. The van der Waals surface area contributed by atoms with Crippen molar-refractivity contribution in [2.75, 3.05) is 39.8 Å². The number of benzene rings is 1. The van der Waals surface area contributed by atoms with Gasteiger partial charge in [0.2, 0.25) is 0 Å². The summed E-state index contributed by atoms with van der Waals surface area (Å²) in [6, 6.07) is 8.50. The number of piperidine rings is 1. The van der Waals surface area contributed by atoms with Gasteiger partial charge in [-0.25, -0.2) is 0 Å². The van der Waals surface area contributed by atoms with Crippen LogP contribution < -0.4 is 4.74 Å². The Morgan fingerprint density at radius 2 is 2.10 bits per heavy atom. The Labute approximate surface area is 183 Å². The molecule has 0 aliphatic carbocycles. The first-order valence-electron chi connectivity index (χ1n) is 11.7. The predicted octanol–water partition coefficient (Wildman–Crippen LogP) is 4.39. The van der Waals surface area contributed by atoms with E-state index >= 15 is 0 Å². The van der Waals surface area contributed by atoms with Crippen LogP contribution in [0.15, 0.2) is 30.5 Å². The maximum absolute atomic E-state index is 5.37. The summed E-state index contributed by atoms with van der Waals surface area (Å²) in [5.41, 5.74) is 4.08. The number of ether oxygens (including phenoxy) is 1. The van der Waals surface area contributed by atoms with Crippen molar-refractivity contribution in [1.29, 1.82) is 0 Å². The number of methoxy groups -OCH3 is 1. The van der Waals surface area contributed by atoms with E-state index in [0.717, 1.165) is 50.7 Å². The third-order valence-corrected chi connectivity index (χ3v) is 6.45. The number of nitrogens with zero attached hydrogens (tertiary/aromatic N) is 4. The molecule has 1 aliphatic heterocycles. The highest BCUT2D eigenvalue weighted by Crippen LogP contribution is 2.21. The lowest BCUT2D eigenvalue weighted by Gasteiger charge is -2.35. The maximum Gasteiger partial charge on any atom is 0.119 e. The molecule has 0 bridgehead atoms. The van der Waals surface area contributed by atoms with Gasteiger partial charge < -0.3 is 9.64 Å². The van der Waals surface area contributed by atoms with Crippen LogP contribution in [0.2, 0.25) is 0 Å². The normalized spacial score (nSPS) is 17.6. The van der Waals surface area contributed by atoms with Crippen molar-refractivity contribution in [1.82, 2.24) is 19.6 Å². The molecule has 30 heavy (non-hydrogen) atoms. The van der Waals surface area contributed by atoms with Gasteiger partial charge in [0.15, 0.2) is 0 Å². The van der Waals surface area contributed by atoms with E-state index in [0.29, 0.717) is 0 Å². The smallest absolute Gasteiger partial charge is 0.119 e. The Hall–Kier alpha value is -1.85. The van der Waals surface area contributed by atoms with Gasteiger partial charge in [0.05, 0.1) is 13.3 Å². The molecule has 166 valence electrons. The molecule has 1 aromatic carbocycles. The van der Waals surface area contributed by atoms with Crippen LogP contribution in [0.3, 0.4) is 0 Å². The molecule has 0 spiro atoms. The first-order chi connectivity index (χ1) is 14.6. The van der Waals surface area contributed by atoms with E-state index in [2.05, 4.69) is 64.7 Å². The summed E-state index contributed by atoms with van der Waals surface area (Å²) < 4.78 is 7.52. The number of hydrogen-bond donors (Lipinski definition) is 0. The Morgan fingerprint density at radius 3 is 2.87 bits per heavy atom. The lowest BCUT2D eigenvalue weighted by molar-refractivity contribution is 0.133. The third kappa shape index (κ3) is 6.32. The van der Waals surface area contributed by atoms with E-state index in [1.54, 1.807) is 7.11 Å². The van der Waals surface area contributed by atoms with E-state index in [9.17, 15) is 0 Å². The molecule has 1 fully saturated rings. The standard InChI is InChI=1S/C25H40N4O/c1-5-13-29-21(3)24(17-26-29)20-27(6-2)18-23-10-8-14-28(19-23)15-12-22-9-7-11-25(16-22)30-4/h7,9,11,16-17,23H,5-6,8,10,12-15,18-20H2,1-4H3/t23-/m0/s1. The Bertz CT molecular complexity index is 772. The molecule has 0 radical (unpaired) electrons. The van der Waals surface area contributed by atoms with Crippen molar-refractivity contribution in [3.63, 3.8) is 0 Å². The van der Waals surface area contributed by atoms with Gasteiger partial charge in [-0.2, -0.15) is 5.10 Å². The molecule has 2 heterocycles. The average Bonchev–Trinajstić information content (AvgIpc) is 3.11. The first kappa shape index (κ1) is 22.8. The minimum atomic E-state index is 0.759. The molecular weight excluding hydrogens is 372 g/mol. The number of rotatable bonds is 11. The van der Waals surface area contributed by atoms with E-state index in [1.807, 2.05) is 6.07 Å². The largest absolute Gasteiger partial charge is 0.497 e. The molecule has 1 saturated heterocycles. The lowest BCUT2D eigenvalue weighted by atomic mass is 9.96. The second-order valence-corrected chi connectivity index (χ2v) is 8.72. The van der Waals surface area contributed by atoms with E-state index < -0.39 is 0 Å². The highest BCUT2D eigenvalue weighted by molar-refractivity contribution is 5.28. The molecule has 5 nitrogen and oxygen atoms in total. The van der Waals surface area contributed by atoms with Gasteiger partial charge in [-0.1, -0.05) is 26.0 Å². The molecular formula is C25H40N4O. The third-order valence-electron chi connectivity index (χ3n) is 6.45. The van der Waals surface area contributed by atoms with Crippen LogP contribution in [0.25, 0.3) is 0 Å². The van der Waals surface area contributed by atoms with E-state index in [1.165, 1.54) is 49.3 Å². The lowest BCUT2D eigenvalue weighted by Crippen LogP contribution is -2.41. The topological polar surface area (TPSA) is 33.5 Å². The number of likely N-dealkylation sites (tertiary alicyclic amines) is 1. The van der Waals surface area contributed by atoms with Crippen LogP contribution in [0, 0.1) is 12.8 Å². The molecule has 2 aromatic rings. The van der Waals surface area contributed by atoms with Crippen molar-refractivity contribution in [3.8, 4) is 5.75 Å². The molecule has 0 unspecified atom stereocenters. The van der Waals surface area contributed by atoms with Crippen LogP contribution in [0.1, 0.15) is 49.9 Å². The zero-order valence-electron chi connectivity index (χ0n) is 19.4. The van der Waals surface area contributed by atoms with Crippen molar-refractivity contribution in [2.24, 2.45) is 5.92 Å². The van der Waals surface area contributed by atoms with Crippen LogP contribution >= 0.6 is 0 Å². The van der Waals surface area contributed by atoms with Crippen LogP contribution in [-0.4, -0.2) is 59.4 Å². The molecule has 1 aromatic heterocycles. The van der Waals surface area contributed by atoms with Gasteiger partial charge in [0.25, 0.3) is 0 Å². The second-order valence-electron chi connectivity index (χ2n) is 8.72. The summed E-state index contributed by atoms with van der Waals surface area (Å²) in [5, 5.41) is 4.59. The molecule has 0 amide bonds. The van der Waals surface area contributed by atoms with Crippen molar-refractivity contribution >= 4 is 0 Å². The van der Waals surface area contributed by atoms with E-state index in [-0.39, 0.29) is 0 Å². The molecule has 5 heteroatoms. The highest BCUT2D eigenvalue weighted by Gasteiger charge is 2.22. The van der Waals surface area contributed by atoms with Crippen LogP contribution in [0.5, 0.6) is 5.75 Å². The number of aromatic nitrogens is 2. The minimum Gasteiger partial charge on any atom is -0.497 e. The van der Waals surface area contributed by atoms with Crippen LogP contribution in [0.4, 0.5) is 0 Å². The summed E-state index contributed by atoms with van der Waals surface area (Å²) in [7, 11) is 1.74. The predicted molar refractivity (Wildman–Crippen MR) is 124 cm³/mol. The molecule has 0 saturated carbocycles. The zero-order valence-corrected chi connectivity index (χ0v) is 19.4. The fourth-order valence-corrected chi connectivity index (χ4v) is 4.61. The Kier molecular flexibility index (Phi) is 8.76. The molecule has 1 aliphatic rings. The van der Waals surface area contributed by atoms with Gasteiger partial charge in [-0.3, -0.25) is 9.58 Å². The highest BCUT2D eigenvalue weighted by atomic mass is 16.5. The Balaban J connectivity index is 1.50. The van der Waals surface area contributed by atoms with E-state index in [4.69, 9.17) is 4.74 Å². The number of aryl methyl sites for hydroxylation is 1. The van der Waals surface area contributed by atoms with Gasteiger partial charge in [0.1, 0.15) is 5.75 Å². The van der Waals surface area contributed by atoms with Crippen molar-refractivity contribution in [3.05, 3.63) is 47.3 Å². The van der Waals surface area contributed by atoms with Crippen LogP contribution in [-0.2, 0) is 19.5 Å². The summed E-state index contributed by atoms with van der Waals surface area (Å²) >= 11 is 0. The number of hydrogen-bond acceptors (Lipinski definition) is 4. The average molecular weight is 413 g/mol. The van der Waals surface area contributed by atoms with Gasteiger partial charge in [0, 0.05) is 44.0 Å². The maximum atomic E-state index is 5.37. The molecule has 3 rings (SSSR count).